The fourth-order valence-electron chi connectivity index (χ4n) is 2.29. The lowest BCUT2D eigenvalue weighted by molar-refractivity contribution is -0.141. The molecule has 4 nitrogen and oxygen atoms in total. The fourth-order valence-corrected chi connectivity index (χ4v) is 2.29. The molecule has 0 saturated heterocycles. The van der Waals surface area contributed by atoms with E-state index in [0.717, 1.165) is 17.2 Å². The second-order valence-electron chi connectivity index (χ2n) is 5.77. The Balaban J connectivity index is 2.54. The number of benzene rings is 1. The number of aryl methyl sites for hydroxylation is 1. The second kappa shape index (κ2) is 6.51. The minimum absolute atomic E-state index is 0.103. The molecule has 24 heavy (non-hydrogen) atoms. The number of rotatable bonds is 4. The van der Waals surface area contributed by atoms with Gasteiger partial charge in [0.25, 0.3) is 0 Å². The summed E-state index contributed by atoms with van der Waals surface area (Å²) in [5.74, 6) is -1.58. The molecule has 0 aliphatic rings. The Labute approximate surface area is 137 Å². The lowest BCUT2D eigenvalue weighted by atomic mass is 9.99. The number of carboxylic acids is 1. The molecule has 2 N–H and O–H groups in total. The zero-order valence-electron chi connectivity index (χ0n) is 13.4. The van der Waals surface area contributed by atoms with Crippen LogP contribution in [0.2, 0.25) is 0 Å². The molecule has 1 heterocycles. The highest BCUT2D eigenvalue weighted by atomic mass is 19.4. The van der Waals surface area contributed by atoms with Crippen LogP contribution in [0.4, 0.5) is 24.7 Å². The molecule has 1 aromatic heterocycles. The van der Waals surface area contributed by atoms with Gasteiger partial charge in [-0.15, -0.1) is 0 Å². The lowest BCUT2D eigenvalue weighted by Crippen LogP contribution is -2.13. The first-order chi connectivity index (χ1) is 11.1. The van der Waals surface area contributed by atoms with Crippen molar-refractivity contribution >= 4 is 17.5 Å². The Bertz CT molecular complexity index is 771. The van der Waals surface area contributed by atoms with E-state index in [1.54, 1.807) is 12.1 Å². The number of aromatic nitrogens is 1. The lowest BCUT2D eigenvalue weighted by Gasteiger charge is -2.17. The number of carbonyl (C=O) groups is 1. The summed E-state index contributed by atoms with van der Waals surface area (Å²) in [6, 6.07) is 6.97. The largest absolute Gasteiger partial charge is 0.478 e. The Morgan fingerprint density at radius 3 is 2.42 bits per heavy atom. The maximum absolute atomic E-state index is 12.9. The molecule has 1 aromatic carbocycles. The average Bonchev–Trinajstić information content (AvgIpc) is 2.47. The minimum Gasteiger partial charge on any atom is -0.478 e. The SMILES string of the molecule is Cc1ccc(Nc2nc(C(F)(F)F)ccc2C(=O)O)c(C(C)C)c1. The van der Waals surface area contributed by atoms with E-state index in [2.05, 4.69) is 10.3 Å². The number of halogens is 3. The third-order valence-corrected chi connectivity index (χ3v) is 3.50. The molecule has 128 valence electrons. The van der Waals surface area contributed by atoms with Crippen molar-refractivity contribution in [1.82, 2.24) is 4.98 Å². The monoisotopic (exact) mass is 338 g/mol. The average molecular weight is 338 g/mol. The van der Waals surface area contributed by atoms with E-state index in [9.17, 15) is 23.1 Å². The number of pyridine rings is 1. The number of hydrogen-bond acceptors (Lipinski definition) is 3. The van der Waals surface area contributed by atoms with Crippen LogP contribution in [-0.4, -0.2) is 16.1 Å². The molecule has 0 aliphatic carbocycles. The molecule has 0 amide bonds. The van der Waals surface area contributed by atoms with Gasteiger partial charge in [-0.25, -0.2) is 9.78 Å². The third-order valence-electron chi connectivity index (χ3n) is 3.50. The predicted molar refractivity (Wildman–Crippen MR) is 84.7 cm³/mol. The topological polar surface area (TPSA) is 62.2 Å². The van der Waals surface area contributed by atoms with Crippen molar-refractivity contribution in [2.75, 3.05) is 5.32 Å². The van der Waals surface area contributed by atoms with Crippen molar-refractivity contribution in [2.45, 2.75) is 32.9 Å². The summed E-state index contributed by atoms with van der Waals surface area (Å²) in [5.41, 5.74) is 0.932. The summed E-state index contributed by atoms with van der Waals surface area (Å²) < 4.78 is 38.6. The molecule has 2 rings (SSSR count). The van der Waals surface area contributed by atoms with E-state index in [1.807, 2.05) is 26.8 Å². The van der Waals surface area contributed by atoms with E-state index in [1.165, 1.54) is 0 Å². The Morgan fingerprint density at radius 1 is 1.21 bits per heavy atom. The maximum Gasteiger partial charge on any atom is 0.433 e. The highest BCUT2D eigenvalue weighted by Crippen LogP contribution is 2.32. The molecule has 0 aliphatic heterocycles. The molecular weight excluding hydrogens is 321 g/mol. The van der Waals surface area contributed by atoms with Crippen LogP contribution >= 0.6 is 0 Å². The Morgan fingerprint density at radius 2 is 1.88 bits per heavy atom. The molecule has 0 unspecified atom stereocenters. The van der Waals surface area contributed by atoms with E-state index in [0.29, 0.717) is 11.8 Å². The van der Waals surface area contributed by atoms with Crippen LogP contribution in [0.25, 0.3) is 0 Å². The van der Waals surface area contributed by atoms with Crippen LogP contribution in [0, 0.1) is 6.92 Å². The van der Waals surface area contributed by atoms with Crippen molar-refractivity contribution in [2.24, 2.45) is 0 Å². The number of nitrogens with one attached hydrogen (secondary N) is 1. The summed E-state index contributed by atoms with van der Waals surface area (Å²) in [5, 5.41) is 12.0. The predicted octanol–water partition coefficient (Wildman–Crippen LogP) is 4.97. The second-order valence-corrected chi connectivity index (χ2v) is 5.77. The smallest absolute Gasteiger partial charge is 0.433 e. The quantitative estimate of drug-likeness (QED) is 0.826. The summed E-state index contributed by atoms with van der Waals surface area (Å²) in [7, 11) is 0. The number of anilines is 2. The van der Waals surface area contributed by atoms with Gasteiger partial charge in [-0.2, -0.15) is 13.2 Å². The normalized spacial score (nSPS) is 11.6. The van der Waals surface area contributed by atoms with Crippen LogP contribution < -0.4 is 5.32 Å². The van der Waals surface area contributed by atoms with Gasteiger partial charge >= 0.3 is 12.1 Å². The van der Waals surface area contributed by atoms with Crippen LogP contribution in [0.1, 0.15) is 46.9 Å². The zero-order valence-corrected chi connectivity index (χ0v) is 13.4. The first-order valence-electron chi connectivity index (χ1n) is 7.28. The highest BCUT2D eigenvalue weighted by molar-refractivity contribution is 5.94. The van der Waals surface area contributed by atoms with Crippen molar-refractivity contribution in [3.8, 4) is 0 Å². The molecular formula is C17H17F3N2O2. The molecule has 0 fully saturated rings. The number of nitrogens with zero attached hydrogens (tertiary/aromatic N) is 1. The van der Waals surface area contributed by atoms with Gasteiger partial charge in [-0.05, 0) is 36.6 Å². The van der Waals surface area contributed by atoms with Crippen molar-refractivity contribution < 1.29 is 23.1 Å². The Hall–Kier alpha value is -2.57. The number of carboxylic acid groups (broad SMARTS) is 1. The first kappa shape index (κ1) is 17.8. The standard InChI is InChI=1S/C17H17F3N2O2/c1-9(2)12-8-10(3)4-6-13(12)21-15-11(16(23)24)5-7-14(22-15)17(18,19)20/h4-9H,1-3H3,(H,21,22)(H,23,24). The van der Waals surface area contributed by atoms with Gasteiger partial charge in [-0.1, -0.05) is 31.5 Å². The first-order valence-corrected chi connectivity index (χ1v) is 7.28. The fraction of sp³-hybridized carbons (Fsp3) is 0.294. The van der Waals surface area contributed by atoms with E-state index in [4.69, 9.17) is 0 Å². The molecule has 0 radical (unpaired) electrons. The zero-order chi connectivity index (χ0) is 18.1. The third kappa shape index (κ3) is 3.84. The van der Waals surface area contributed by atoms with Crippen LogP contribution in [0.3, 0.4) is 0 Å². The van der Waals surface area contributed by atoms with Gasteiger partial charge in [-0.3, -0.25) is 0 Å². The van der Waals surface area contributed by atoms with Gasteiger partial charge in [0, 0.05) is 5.69 Å². The van der Waals surface area contributed by atoms with Gasteiger partial charge in [0.05, 0.1) is 0 Å². The molecule has 0 bridgehead atoms. The summed E-state index contributed by atoms with van der Waals surface area (Å²) in [6.07, 6.45) is -4.65. The summed E-state index contributed by atoms with van der Waals surface area (Å²) >= 11 is 0. The van der Waals surface area contributed by atoms with Crippen LogP contribution in [-0.2, 0) is 6.18 Å². The maximum atomic E-state index is 12.9. The van der Waals surface area contributed by atoms with Crippen molar-refractivity contribution in [3.63, 3.8) is 0 Å². The van der Waals surface area contributed by atoms with Crippen molar-refractivity contribution in [3.05, 3.63) is 52.7 Å². The van der Waals surface area contributed by atoms with E-state index in [-0.39, 0.29) is 17.3 Å². The number of alkyl halides is 3. The Kier molecular flexibility index (Phi) is 4.82. The van der Waals surface area contributed by atoms with E-state index < -0.39 is 17.8 Å². The summed E-state index contributed by atoms with van der Waals surface area (Å²) in [6.45, 7) is 5.79. The highest BCUT2D eigenvalue weighted by Gasteiger charge is 2.33. The molecule has 0 saturated carbocycles. The van der Waals surface area contributed by atoms with Crippen LogP contribution in [0.15, 0.2) is 30.3 Å². The van der Waals surface area contributed by atoms with Gasteiger partial charge in [0.1, 0.15) is 17.1 Å². The minimum atomic E-state index is -4.65. The van der Waals surface area contributed by atoms with Gasteiger partial charge < -0.3 is 10.4 Å². The summed E-state index contributed by atoms with van der Waals surface area (Å²) in [4.78, 5) is 14.8. The van der Waals surface area contributed by atoms with E-state index >= 15 is 0 Å². The molecule has 2 aromatic rings. The number of aromatic carboxylic acids is 1. The van der Waals surface area contributed by atoms with Crippen LogP contribution in [0.5, 0.6) is 0 Å². The van der Waals surface area contributed by atoms with Crippen molar-refractivity contribution in [1.29, 1.82) is 0 Å². The molecule has 0 spiro atoms. The number of hydrogen-bond donors (Lipinski definition) is 2. The molecule has 0 atom stereocenters. The van der Waals surface area contributed by atoms with Gasteiger partial charge in [0.15, 0.2) is 0 Å². The van der Waals surface area contributed by atoms with Gasteiger partial charge in [0.2, 0.25) is 0 Å². The molecule has 7 heteroatoms.